The summed E-state index contributed by atoms with van der Waals surface area (Å²) in [6, 6.07) is 6.44. The lowest BCUT2D eigenvalue weighted by Crippen LogP contribution is -2.46. The van der Waals surface area contributed by atoms with E-state index in [1.165, 1.54) is 12.5 Å². The number of nitrogens with zero attached hydrogens (tertiary/aromatic N) is 3. The first-order chi connectivity index (χ1) is 18.2. The van der Waals surface area contributed by atoms with E-state index >= 15 is 0 Å². The molecular weight excluding hydrogens is 488 g/mol. The first kappa shape index (κ1) is 26.1. The van der Waals surface area contributed by atoms with Crippen LogP contribution in [0, 0.1) is 5.92 Å². The number of rotatable bonds is 9. The maximum atomic E-state index is 13.6. The number of carbonyl (C=O) groups excluding carboxylic acids is 2. The Morgan fingerprint density at radius 2 is 2.00 bits per heavy atom. The molecule has 1 fully saturated rings. The Bertz CT molecular complexity index is 1190. The Balaban J connectivity index is 1.30. The molecule has 2 amide bonds. The van der Waals surface area contributed by atoms with Gasteiger partial charge in [0.15, 0.2) is 17.3 Å². The van der Waals surface area contributed by atoms with E-state index < -0.39 is 11.6 Å². The number of carbonyl (C=O) groups is 2. The van der Waals surface area contributed by atoms with Crippen molar-refractivity contribution in [2.24, 2.45) is 5.92 Å². The third kappa shape index (κ3) is 6.30. The fraction of sp³-hybridized carbons (Fsp3) is 0.536. The number of aromatic nitrogens is 2. The molecule has 0 unspecified atom stereocenters. The zero-order valence-corrected chi connectivity index (χ0v) is 22.0. The second-order valence-electron chi connectivity index (χ2n) is 10.9. The van der Waals surface area contributed by atoms with Crippen LogP contribution in [-0.2, 0) is 16.1 Å². The van der Waals surface area contributed by atoms with Crippen molar-refractivity contribution < 1.29 is 28.9 Å². The van der Waals surface area contributed by atoms with Gasteiger partial charge < -0.3 is 29.5 Å². The highest BCUT2D eigenvalue weighted by atomic mass is 16.6. The summed E-state index contributed by atoms with van der Waals surface area (Å²) >= 11 is 0. The van der Waals surface area contributed by atoms with Crippen LogP contribution in [0.15, 0.2) is 42.3 Å². The Morgan fingerprint density at radius 3 is 2.79 bits per heavy atom. The number of nitrogens with one attached hydrogen (secondary N) is 1. The van der Waals surface area contributed by atoms with Gasteiger partial charge in [-0.3, -0.25) is 14.3 Å². The van der Waals surface area contributed by atoms with Gasteiger partial charge in [0.2, 0.25) is 11.7 Å². The summed E-state index contributed by atoms with van der Waals surface area (Å²) in [6.45, 7) is 4.77. The molecule has 0 spiro atoms. The predicted octanol–water partition coefficient (Wildman–Crippen LogP) is 3.51. The Morgan fingerprint density at radius 1 is 1.21 bits per heavy atom. The largest absolute Gasteiger partial charge is 0.486 e. The summed E-state index contributed by atoms with van der Waals surface area (Å²) in [7, 11) is 0. The molecule has 1 aromatic heterocycles. The van der Waals surface area contributed by atoms with Crippen molar-refractivity contribution in [3.05, 3.63) is 42.3 Å². The summed E-state index contributed by atoms with van der Waals surface area (Å²) in [5.74, 6) is 2.28. The number of amides is 2. The molecule has 2 N–H and O–H groups in total. The number of ether oxygens (including phenoxy) is 3. The van der Waals surface area contributed by atoms with Gasteiger partial charge in [0, 0.05) is 18.3 Å². The third-order valence-electron chi connectivity index (χ3n) is 7.07. The number of hydrogen-bond acceptors (Lipinski definition) is 7. The summed E-state index contributed by atoms with van der Waals surface area (Å²) in [5, 5.41) is 17.4. The van der Waals surface area contributed by atoms with Crippen molar-refractivity contribution in [1.82, 2.24) is 14.7 Å². The van der Waals surface area contributed by atoms with Gasteiger partial charge >= 0.3 is 0 Å². The van der Waals surface area contributed by atoms with Gasteiger partial charge in [0.05, 0.1) is 18.7 Å². The molecular formula is C28H36N4O6. The maximum Gasteiger partial charge on any atom is 0.251 e. The molecule has 0 saturated heterocycles. The van der Waals surface area contributed by atoms with Gasteiger partial charge in [0.1, 0.15) is 25.0 Å². The average Bonchev–Trinajstić information content (AvgIpc) is 3.47. The van der Waals surface area contributed by atoms with E-state index in [-0.39, 0.29) is 18.4 Å². The van der Waals surface area contributed by atoms with E-state index in [4.69, 9.17) is 14.2 Å². The zero-order valence-electron chi connectivity index (χ0n) is 22.0. The van der Waals surface area contributed by atoms with Crippen LogP contribution in [0.3, 0.4) is 0 Å². The number of hydrogen-bond donors (Lipinski definition) is 2. The van der Waals surface area contributed by atoms with Crippen LogP contribution in [0.5, 0.6) is 17.2 Å². The van der Waals surface area contributed by atoms with Gasteiger partial charge in [-0.2, -0.15) is 5.10 Å². The minimum atomic E-state index is -0.935. The van der Waals surface area contributed by atoms with Crippen molar-refractivity contribution in [2.75, 3.05) is 25.1 Å². The van der Waals surface area contributed by atoms with Gasteiger partial charge in [0.25, 0.3) is 5.91 Å². The first-order valence-corrected chi connectivity index (χ1v) is 13.4. The number of para-hydroxylation sites is 1. The normalized spacial score (nSPS) is 18.8. The molecule has 1 aromatic carbocycles. The molecule has 10 heteroatoms. The molecule has 1 saturated carbocycles. The fourth-order valence-corrected chi connectivity index (χ4v) is 5.34. The molecule has 5 rings (SSSR count). The molecule has 1 atom stereocenters. The molecule has 3 aliphatic rings. The predicted molar refractivity (Wildman–Crippen MR) is 140 cm³/mol. The van der Waals surface area contributed by atoms with Crippen molar-refractivity contribution in [1.29, 1.82) is 0 Å². The molecule has 1 aliphatic carbocycles. The lowest BCUT2D eigenvalue weighted by atomic mass is 9.84. The number of benzene rings is 1. The summed E-state index contributed by atoms with van der Waals surface area (Å²) < 4.78 is 19.0. The second kappa shape index (κ2) is 11.1. The highest BCUT2D eigenvalue weighted by Gasteiger charge is 2.37. The van der Waals surface area contributed by atoms with Crippen molar-refractivity contribution in [2.45, 2.75) is 70.6 Å². The molecule has 2 aliphatic heterocycles. The number of fused-ring (bicyclic) bond motifs is 1. The van der Waals surface area contributed by atoms with Gasteiger partial charge in [-0.05, 0) is 38.3 Å². The first-order valence-electron chi connectivity index (χ1n) is 13.4. The number of anilines is 1. The maximum absolute atomic E-state index is 13.6. The molecule has 38 heavy (non-hydrogen) atoms. The molecule has 0 radical (unpaired) electrons. The van der Waals surface area contributed by atoms with E-state index in [0.717, 1.165) is 25.7 Å². The van der Waals surface area contributed by atoms with Crippen LogP contribution in [0.1, 0.15) is 52.4 Å². The van der Waals surface area contributed by atoms with E-state index in [1.807, 2.05) is 12.1 Å². The Hall–Kier alpha value is -3.53. The van der Waals surface area contributed by atoms with Gasteiger partial charge in [-0.1, -0.05) is 38.2 Å². The molecule has 2 aromatic rings. The standard InChI is InChI=1S/C28H36N4O6/c1-28(2,35)18-31-12-11-24(30-31)29-27(34)21(15-19-7-4-3-5-8-19)32-17-20(16-25(32)33)38-23-10-6-9-22-26(23)37-14-13-36-22/h6,9-12,16,19,21,35H,3-5,7-8,13-15,17-18H2,1-2H3,(H,29,30,34)/t21-/m0/s1. The monoisotopic (exact) mass is 524 g/mol. The topological polar surface area (TPSA) is 115 Å². The van der Waals surface area contributed by atoms with Crippen molar-refractivity contribution in [3.63, 3.8) is 0 Å². The highest BCUT2D eigenvalue weighted by Crippen LogP contribution is 2.40. The van der Waals surface area contributed by atoms with Crippen LogP contribution in [0.25, 0.3) is 0 Å². The highest BCUT2D eigenvalue weighted by molar-refractivity contribution is 5.99. The lowest BCUT2D eigenvalue weighted by molar-refractivity contribution is -0.134. The SMILES string of the molecule is CC(C)(O)Cn1ccc(NC(=O)[C@H](CC2CCCCC2)N2CC(Oc3cccc4c3OCCO4)=CC2=O)n1. The summed E-state index contributed by atoms with van der Waals surface area (Å²) in [4.78, 5) is 28.3. The quantitative estimate of drug-likeness (QED) is 0.516. The number of aliphatic hydroxyl groups is 1. The molecule has 0 bridgehead atoms. The lowest BCUT2D eigenvalue weighted by Gasteiger charge is -2.31. The van der Waals surface area contributed by atoms with Crippen LogP contribution < -0.4 is 19.5 Å². The van der Waals surface area contributed by atoms with Gasteiger partial charge in [-0.15, -0.1) is 0 Å². The average molecular weight is 525 g/mol. The summed E-state index contributed by atoms with van der Waals surface area (Å²) in [5.41, 5.74) is -0.935. The molecule has 3 heterocycles. The summed E-state index contributed by atoms with van der Waals surface area (Å²) in [6.07, 6.45) is 9.34. The second-order valence-corrected chi connectivity index (χ2v) is 10.9. The van der Waals surface area contributed by atoms with Gasteiger partial charge in [-0.25, -0.2) is 0 Å². The fourth-order valence-electron chi connectivity index (χ4n) is 5.34. The smallest absolute Gasteiger partial charge is 0.251 e. The minimum Gasteiger partial charge on any atom is -0.486 e. The molecule has 204 valence electrons. The van der Waals surface area contributed by atoms with Crippen LogP contribution >= 0.6 is 0 Å². The minimum absolute atomic E-state index is 0.182. The molecule has 10 nitrogen and oxygen atoms in total. The van der Waals surface area contributed by atoms with Crippen molar-refractivity contribution in [3.8, 4) is 17.2 Å². The van der Waals surface area contributed by atoms with E-state index in [9.17, 15) is 14.7 Å². The zero-order chi connectivity index (χ0) is 26.7. The Labute approximate surface area is 222 Å². The van der Waals surface area contributed by atoms with Crippen LogP contribution in [0.4, 0.5) is 5.82 Å². The van der Waals surface area contributed by atoms with E-state index in [0.29, 0.717) is 60.9 Å². The van der Waals surface area contributed by atoms with E-state index in [2.05, 4.69) is 10.4 Å². The van der Waals surface area contributed by atoms with Crippen LogP contribution in [0.2, 0.25) is 0 Å². The van der Waals surface area contributed by atoms with E-state index in [1.54, 1.807) is 41.8 Å². The van der Waals surface area contributed by atoms with Crippen LogP contribution in [-0.4, -0.2) is 63.0 Å². The third-order valence-corrected chi connectivity index (χ3v) is 7.07. The Kier molecular flexibility index (Phi) is 7.60. The van der Waals surface area contributed by atoms with Crippen molar-refractivity contribution >= 4 is 17.6 Å².